The summed E-state index contributed by atoms with van der Waals surface area (Å²) < 4.78 is 7.08. The summed E-state index contributed by atoms with van der Waals surface area (Å²) >= 11 is 0. The molecule has 9 heteroatoms. The van der Waals surface area contributed by atoms with Crippen molar-refractivity contribution >= 4 is 17.4 Å². The van der Waals surface area contributed by atoms with Crippen molar-refractivity contribution in [1.29, 1.82) is 0 Å². The Labute approximate surface area is 168 Å². The van der Waals surface area contributed by atoms with E-state index in [0.717, 1.165) is 49.9 Å². The Bertz CT molecular complexity index is 1050. The number of rotatable bonds is 4. The van der Waals surface area contributed by atoms with Gasteiger partial charge in [-0.05, 0) is 24.3 Å². The first kappa shape index (κ1) is 17.8. The molecule has 2 atom stereocenters. The zero-order valence-electron chi connectivity index (χ0n) is 16.5. The average Bonchev–Trinajstić information content (AvgIpc) is 3.45. The molecule has 0 aromatic carbocycles. The van der Waals surface area contributed by atoms with Crippen molar-refractivity contribution in [1.82, 2.24) is 29.7 Å². The number of aromatic nitrogens is 5. The number of aryl methyl sites for hydroxylation is 1. The maximum atomic E-state index is 13.0. The number of likely N-dealkylation sites (tertiary alicyclic amines) is 1. The zero-order valence-corrected chi connectivity index (χ0v) is 16.5. The molecule has 2 aliphatic heterocycles. The molecule has 0 aliphatic carbocycles. The summed E-state index contributed by atoms with van der Waals surface area (Å²) in [5.41, 5.74) is 1.30. The molecular weight excluding hydrogens is 370 g/mol. The predicted octanol–water partition coefficient (Wildman–Crippen LogP) is 1.30. The first-order valence-electron chi connectivity index (χ1n) is 9.92. The summed E-state index contributed by atoms with van der Waals surface area (Å²) in [6.07, 6.45) is 2.42. The van der Waals surface area contributed by atoms with Gasteiger partial charge in [0.25, 0.3) is 5.91 Å². The van der Waals surface area contributed by atoms with Crippen LogP contribution in [-0.4, -0.2) is 68.9 Å². The fourth-order valence-corrected chi connectivity index (χ4v) is 4.45. The van der Waals surface area contributed by atoms with Gasteiger partial charge in [0.05, 0.1) is 7.11 Å². The fourth-order valence-electron chi connectivity index (χ4n) is 4.45. The van der Waals surface area contributed by atoms with Crippen LogP contribution in [0.25, 0.3) is 5.65 Å². The first-order valence-corrected chi connectivity index (χ1v) is 9.92. The highest BCUT2D eigenvalue weighted by Gasteiger charge is 2.42. The molecule has 3 aromatic heterocycles. The van der Waals surface area contributed by atoms with E-state index in [1.165, 1.54) is 0 Å². The van der Waals surface area contributed by atoms with Crippen LogP contribution >= 0.6 is 0 Å². The monoisotopic (exact) mass is 393 g/mol. The molecule has 29 heavy (non-hydrogen) atoms. The summed E-state index contributed by atoms with van der Waals surface area (Å²) in [6.45, 7) is 5.32. The largest absolute Gasteiger partial charge is 0.480 e. The first-order chi connectivity index (χ1) is 14.2. The van der Waals surface area contributed by atoms with E-state index in [1.54, 1.807) is 25.4 Å². The molecule has 3 aromatic rings. The Morgan fingerprint density at radius 2 is 1.93 bits per heavy atom. The Hall–Kier alpha value is -3.23. The molecule has 2 fully saturated rings. The van der Waals surface area contributed by atoms with Crippen molar-refractivity contribution < 1.29 is 9.53 Å². The molecule has 5 heterocycles. The topological polar surface area (TPSA) is 88.8 Å². The van der Waals surface area contributed by atoms with Crippen molar-refractivity contribution in [3.8, 4) is 5.88 Å². The van der Waals surface area contributed by atoms with Gasteiger partial charge in [-0.3, -0.25) is 4.79 Å². The van der Waals surface area contributed by atoms with Crippen LogP contribution in [0.15, 0.2) is 30.5 Å². The van der Waals surface area contributed by atoms with Gasteiger partial charge in [-0.15, -0.1) is 15.3 Å². The third kappa shape index (κ3) is 2.97. The van der Waals surface area contributed by atoms with Gasteiger partial charge in [0.2, 0.25) is 5.88 Å². The van der Waals surface area contributed by atoms with E-state index in [0.29, 0.717) is 23.3 Å². The number of ether oxygens (including phenoxy) is 1. The number of methoxy groups -OCH3 is 1. The lowest BCUT2D eigenvalue weighted by molar-refractivity contribution is 0.0778. The summed E-state index contributed by atoms with van der Waals surface area (Å²) in [5.74, 6) is 3.05. The van der Waals surface area contributed by atoms with Gasteiger partial charge in [-0.2, -0.15) is 4.52 Å². The van der Waals surface area contributed by atoms with E-state index in [9.17, 15) is 4.79 Å². The lowest BCUT2D eigenvalue weighted by Crippen LogP contribution is -2.33. The van der Waals surface area contributed by atoms with Crippen LogP contribution in [0.1, 0.15) is 23.1 Å². The van der Waals surface area contributed by atoms with Gasteiger partial charge in [0.1, 0.15) is 11.4 Å². The lowest BCUT2D eigenvalue weighted by atomic mass is 10.0. The number of fused-ring (bicyclic) bond motifs is 2. The number of pyridine rings is 1. The molecule has 5 rings (SSSR count). The number of hydrogen-bond acceptors (Lipinski definition) is 7. The summed E-state index contributed by atoms with van der Waals surface area (Å²) in [4.78, 5) is 21.3. The molecule has 0 saturated carbocycles. The molecule has 2 unspecified atom stereocenters. The van der Waals surface area contributed by atoms with Crippen LogP contribution in [-0.2, 0) is 6.42 Å². The Balaban J connectivity index is 1.30. The molecule has 9 nitrogen and oxygen atoms in total. The Kier molecular flexibility index (Phi) is 4.30. The molecular formula is C20H23N7O2. The van der Waals surface area contributed by atoms with E-state index in [2.05, 4.69) is 20.1 Å². The standard InChI is InChI=1S/C20H23N7O2/c1-3-16-22-23-17-6-7-18(24-27(16)17)25-9-13-11-26(12-14(13)10-25)20(28)15-5-4-8-21-19(15)29-2/h4-8,13-14H,3,9-12H2,1-2H3. The minimum atomic E-state index is -0.00692. The molecule has 2 saturated heterocycles. The highest BCUT2D eigenvalue weighted by molar-refractivity contribution is 5.96. The van der Waals surface area contributed by atoms with Crippen molar-refractivity contribution in [3.05, 3.63) is 41.9 Å². The molecule has 0 radical (unpaired) electrons. The van der Waals surface area contributed by atoms with Crippen molar-refractivity contribution in [2.75, 3.05) is 38.2 Å². The van der Waals surface area contributed by atoms with Crippen molar-refractivity contribution in [2.24, 2.45) is 11.8 Å². The van der Waals surface area contributed by atoms with E-state index < -0.39 is 0 Å². The molecule has 0 spiro atoms. The van der Waals surface area contributed by atoms with Crippen LogP contribution in [0.5, 0.6) is 5.88 Å². The minimum Gasteiger partial charge on any atom is -0.480 e. The second-order valence-electron chi connectivity index (χ2n) is 7.63. The van der Waals surface area contributed by atoms with E-state index in [4.69, 9.17) is 9.84 Å². The fraction of sp³-hybridized carbons (Fsp3) is 0.450. The third-order valence-corrected chi connectivity index (χ3v) is 5.92. The zero-order chi connectivity index (χ0) is 20.0. The summed E-state index contributed by atoms with van der Waals surface area (Å²) in [7, 11) is 1.54. The Morgan fingerprint density at radius 1 is 1.14 bits per heavy atom. The number of anilines is 1. The smallest absolute Gasteiger partial charge is 0.259 e. The number of carbonyl (C=O) groups is 1. The average molecular weight is 393 g/mol. The van der Waals surface area contributed by atoms with Crippen LogP contribution in [0.3, 0.4) is 0 Å². The minimum absolute atomic E-state index is 0.00692. The molecule has 0 bridgehead atoms. The van der Waals surface area contributed by atoms with E-state index >= 15 is 0 Å². The molecule has 2 aliphatic rings. The van der Waals surface area contributed by atoms with Crippen LogP contribution in [0, 0.1) is 11.8 Å². The molecule has 150 valence electrons. The predicted molar refractivity (Wildman–Crippen MR) is 106 cm³/mol. The van der Waals surface area contributed by atoms with Crippen LogP contribution < -0.4 is 9.64 Å². The maximum Gasteiger partial charge on any atom is 0.259 e. The van der Waals surface area contributed by atoms with Gasteiger partial charge in [-0.1, -0.05) is 6.92 Å². The SMILES string of the molecule is CCc1nnc2ccc(N3CC4CN(C(=O)c5cccnc5OC)CC4C3)nn12. The van der Waals surface area contributed by atoms with E-state index in [1.807, 2.05) is 28.5 Å². The number of amides is 1. The second kappa shape index (κ2) is 6.98. The normalized spacial score (nSPS) is 21.0. The van der Waals surface area contributed by atoms with Crippen molar-refractivity contribution in [2.45, 2.75) is 13.3 Å². The summed E-state index contributed by atoms with van der Waals surface area (Å²) in [5, 5.41) is 13.1. The molecule has 0 N–H and O–H groups in total. The molecule has 1 amide bonds. The number of carbonyl (C=O) groups excluding carboxylic acids is 1. The van der Waals surface area contributed by atoms with Crippen molar-refractivity contribution in [3.63, 3.8) is 0 Å². The number of nitrogens with zero attached hydrogens (tertiary/aromatic N) is 7. The summed E-state index contributed by atoms with van der Waals surface area (Å²) in [6, 6.07) is 7.52. The lowest BCUT2D eigenvalue weighted by Gasteiger charge is -2.22. The Morgan fingerprint density at radius 3 is 2.66 bits per heavy atom. The third-order valence-electron chi connectivity index (χ3n) is 5.92. The second-order valence-corrected chi connectivity index (χ2v) is 7.63. The van der Waals surface area contributed by atoms with Gasteiger partial charge in [-0.25, -0.2) is 4.98 Å². The quantitative estimate of drug-likeness (QED) is 0.660. The van der Waals surface area contributed by atoms with Gasteiger partial charge in [0, 0.05) is 50.6 Å². The van der Waals surface area contributed by atoms with Gasteiger partial charge >= 0.3 is 0 Å². The van der Waals surface area contributed by atoms with Crippen LogP contribution in [0.4, 0.5) is 5.82 Å². The van der Waals surface area contributed by atoms with Gasteiger partial charge in [0.15, 0.2) is 11.5 Å². The van der Waals surface area contributed by atoms with Gasteiger partial charge < -0.3 is 14.5 Å². The van der Waals surface area contributed by atoms with Crippen LogP contribution in [0.2, 0.25) is 0 Å². The van der Waals surface area contributed by atoms with E-state index in [-0.39, 0.29) is 5.91 Å². The maximum absolute atomic E-state index is 13.0. The highest BCUT2D eigenvalue weighted by Crippen LogP contribution is 2.34. The highest BCUT2D eigenvalue weighted by atomic mass is 16.5. The number of hydrogen-bond donors (Lipinski definition) is 0.